The van der Waals surface area contributed by atoms with Gasteiger partial charge >= 0.3 is 5.97 Å². The SMILES string of the molecule is [C-]#[N+]C1=C[C@]2(C)C3=CC(=O)[C@@H]4[C@@H]5CC(C)(C)CC[C@]5(C(=O)OC)CC[C@@]4(C)[C@]3(C)CC[C@H]2C(C)(C)C1C. The summed E-state index contributed by atoms with van der Waals surface area (Å²) in [5.74, 6) is 0.531. The van der Waals surface area contributed by atoms with Crippen molar-refractivity contribution in [1.29, 1.82) is 0 Å². The van der Waals surface area contributed by atoms with Gasteiger partial charge in [-0.2, -0.15) is 0 Å². The molecular formula is C33H47NO3. The summed E-state index contributed by atoms with van der Waals surface area (Å²) in [5, 5.41) is 0. The highest BCUT2D eigenvalue weighted by atomic mass is 16.5. The summed E-state index contributed by atoms with van der Waals surface area (Å²) < 4.78 is 5.44. The Kier molecular flexibility index (Phi) is 5.65. The van der Waals surface area contributed by atoms with Crippen molar-refractivity contribution >= 4 is 11.8 Å². The van der Waals surface area contributed by atoms with Gasteiger partial charge in [-0.05, 0) is 90.4 Å². The van der Waals surface area contributed by atoms with E-state index in [0.29, 0.717) is 5.92 Å². The number of carbonyl (C=O) groups excluding carboxylic acids is 2. The van der Waals surface area contributed by atoms with Crippen LogP contribution in [0.3, 0.4) is 0 Å². The normalized spacial score (nSPS) is 47.6. The average Bonchev–Trinajstić information content (AvgIpc) is 2.82. The highest BCUT2D eigenvalue weighted by Gasteiger charge is 2.70. The van der Waals surface area contributed by atoms with Crippen LogP contribution >= 0.6 is 0 Å². The van der Waals surface area contributed by atoms with Crippen molar-refractivity contribution in [2.24, 2.45) is 56.2 Å². The van der Waals surface area contributed by atoms with Crippen LogP contribution < -0.4 is 0 Å². The molecule has 0 bridgehead atoms. The zero-order chi connectivity index (χ0) is 27.4. The molecule has 0 amide bonds. The molecule has 8 atom stereocenters. The van der Waals surface area contributed by atoms with Crippen molar-refractivity contribution in [2.45, 2.75) is 100 Å². The fraction of sp³-hybridized carbons (Fsp3) is 0.788. The molecule has 202 valence electrons. The number of allylic oxidation sites excluding steroid dienone is 4. The number of ketones is 1. The summed E-state index contributed by atoms with van der Waals surface area (Å²) in [6.07, 6.45) is 10.8. The van der Waals surface area contributed by atoms with Crippen molar-refractivity contribution in [3.05, 3.63) is 34.8 Å². The summed E-state index contributed by atoms with van der Waals surface area (Å²) in [5.41, 5.74) is 0.940. The Morgan fingerprint density at radius 2 is 1.68 bits per heavy atom. The van der Waals surface area contributed by atoms with E-state index < -0.39 is 5.41 Å². The zero-order valence-electron chi connectivity index (χ0n) is 24.6. The molecule has 3 fully saturated rings. The van der Waals surface area contributed by atoms with Gasteiger partial charge in [0, 0.05) is 11.3 Å². The number of fused-ring (bicyclic) bond motifs is 7. The van der Waals surface area contributed by atoms with Crippen LogP contribution in [0, 0.1) is 62.7 Å². The van der Waals surface area contributed by atoms with E-state index in [9.17, 15) is 9.59 Å². The third kappa shape index (κ3) is 3.18. The molecule has 0 aliphatic heterocycles. The molecule has 37 heavy (non-hydrogen) atoms. The van der Waals surface area contributed by atoms with E-state index in [0.717, 1.165) is 50.6 Å². The number of nitrogens with zero attached hydrogens (tertiary/aromatic N) is 1. The third-order valence-electron chi connectivity index (χ3n) is 13.2. The molecule has 0 N–H and O–H groups in total. The number of ether oxygens (including phenoxy) is 1. The highest BCUT2D eigenvalue weighted by molar-refractivity contribution is 5.96. The van der Waals surface area contributed by atoms with Gasteiger partial charge < -0.3 is 4.74 Å². The lowest BCUT2D eigenvalue weighted by molar-refractivity contribution is -0.191. The molecule has 0 aromatic rings. The van der Waals surface area contributed by atoms with E-state index in [1.54, 1.807) is 0 Å². The van der Waals surface area contributed by atoms with Crippen LogP contribution in [0.2, 0.25) is 0 Å². The Morgan fingerprint density at radius 1 is 1.03 bits per heavy atom. The Labute approximate surface area is 224 Å². The van der Waals surface area contributed by atoms with Gasteiger partial charge in [0.15, 0.2) is 11.5 Å². The lowest BCUT2D eigenvalue weighted by atomic mass is 9.34. The molecule has 1 unspecified atom stereocenters. The summed E-state index contributed by atoms with van der Waals surface area (Å²) in [7, 11) is 1.51. The Bertz CT molecular complexity index is 1150. The Balaban J connectivity index is 1.70. The fourth-order valence-electron chi connectivity index (χ4n) is 10.5. The van der Waals surface area contributed by atoms with Crippen molar-refractivity contribution in [2.75, 3.05) is 7.11 Å². The van der Waals surface area contributed by atoms with E-state index in [2.05, 4.69) is 66.3 Å². The standard InChI is InChI=1S/C33H47NO3/c1-20-22(34-9)19-30(6)24(29(20,4)5)11-12-31(7)25(30)17-23(35)26-21-18-28(2,3)13-15-33(21,27(36)37-10)16-14-32(26,31)8/h17,19-21,24,26H,11-16,18H2,1-8,10H3/t20?,21-,24-,26-,30-,31+,32+,33-/m0/s1. The molecule has 5 aliphatic carbocycles. The second-order valence-electron chi connectivity index (χ2n) is 15.4. The van der Waals surface area contributed by atoms with E-state index >= 15 is 0 Å². The van der Waals surface area contributed by atoms with Crippen molar-refractivity contribution < 1.29 is 14.3 Å². The molecule has 0 aromatic heterocycles. The zero-order valence-corrected chi connectivity index (χ0v) is 24.6. The summed E-state index contributed by atoms with van der Waals surface area (Å²) >= 11 is 0. The monoisotopic (exact) mass is 505 g/mol. The molecule has 5 aliphatic rings. The molecule has 0 radical (unpaired) electrons. The minimum atomic E-state index is -0.549. The highest BCUT2D eigenvalue weighted by Crippen LogP contribution is 2.75. The smallest absolute Gasteiger partial charge is 0.312 e. The largest absolute Gasteiger partial charge is 0.469 e. The fourth-order valence-corrected chi connectivity index (χ4v) is 10.5. The van der Waals surface area contributed by atoms with Gasteiger partial charge in [-0.25, -0.2) is 4.85 Å². The van der Waals surface area contributed by atoms with Gasteiger partial charge in [-0.3, -0.25) is 9.59 Å². The molecule has 0 spiro atoms. The topological polar surface area (TPSA) is 47.7 Å². The van der Waals surface area contributed by atoms with Gasteiger partial charge in [0.1, 0.15) is 0 Å². The molecule has 0 heterocycles. The number of esters is 1. The van der Waals surface area contributed by atoms with E-state index in [-0.39, 0.29) is 56.6 Å². The van der Waals surface area contributed by atoms with E-state index in [4.69, 9.17) is 11.3 Å². The van der Waals surface area contributed by atoms with Crippen LogP contribution in [0.5, 0.6) is 0 Å². The van der Waals surface area contributed by atoms with E-state index in [1.807, 2.05) is 6.08 Å². The maximum Gasteiger partial charge on any atom is 0.312 e. The third-order valence-corrected chi connectivity index (χ3v) is 13.2. The summed E-state index contributed by atoms with van der Waals surface area (Å²) in [6.45, 7) is 26.5. The number of carbonyl (C=O) groups is 2. The van der Waals surface area contributed by atoms with Crippen LogP contribution in [0.4, 0.5) is 0 Å². The quantitative estimate of drug-likeness (QED) is 0.270. The first-order valence-corrected chi connectivity index (χ1v) is 14.5. The van der Waals surface area contributed by atoms with Crippen LogP contribution in [-0.4, -0.2) is 18.9 Å². The summed E-state index contributed by atoms with van der Waals surface area (Å²) in [6, 6.07) is 0. The van der Waals surface area contributed by atoms with Crippen LogP contribution in [0.1, 0.15) is 100 Å². The number of hydrogen-bond acceptors (Lipinski definition) is 3. The van der Waals surface area contributed by atoms with Crippen LogP contribution in [0.15, 0.2) is 23.4 Å². The van der Waals surface area contributed by atoms with Gasteiger partial charge in [-0.1, -0.05) is 67.0 Å². The molecule has 4 heteroatoms. The number of hydrogen-bond donors (Lipinski definition) is 0. The van der Waals surface area contributed by atoms with Crippen molar-refractivity contribution in [1.82, 2.24) is 0 Å². The molecular weight excluding hydrogens is 458 g/mol. The second-order valence-corrected chi connectivity index (χ2v) is 15.4. The molecule has 5 rings (SSSR count). The Morgan fingerprint density at radius 3 is 2.30 bits per heavy atom. The first-order chi connectivity index (χ1) is 17.0. The van der Waals surface area contributed by atoms with Crippen LogP contribution in [0.25, 0.3) is 4.85 Å². The maximum atomic E-state index is 14.4. The predicted molar refractivity (Wildman–Crippen MR) is 146 cm³/mol. The minimum absolute atomic E-state index is 0.00673. The molecule has 4 nitrogen and oxygen atoms in total. The number of methoxy groups -OCH3 is 1. The molecule has 3 saturated carbocycles. The lowest BCUT2D eigenvalue weighted by Crippen LogP contribution is -2.65. The lowest BCUT2D eigenvalue weighted by Gasteiger charge is -2.69. The minimum Gasteiger partial charge on any atom is -0.469 e. The molecule has 0 aromatic carbocycles. The van der Waals surface area contributed by atoms with Crippen molar-refractivity contribution in [3.63, 3.8) is 0 Å². The van der Waals surface area contributed by atoms with Gasteiger partial charge in [0.05, 0.1) is 19.1 Å². The first-order valence-electron chi connectivity index (χ1n) is 14.5. The second kappa shape index (κ2) is 7.83. The van der Waals surface area contributed by atoms with E-state index in [1.165, 1.54) is 12.7 Å². The summed E-state index contributed by atoms with van der Waals surface area (Å²) in [4.78, 5) is 31.8. The molecule has 0 saturated heterocycles. The number of rotatable bonds is 1. The predicted octanol–water partition coefficient (Wildman–Crippen LogP) is 7.80. The van der Waals surface area contributed by atoms with Gasteiger partial charge in [0.25, 0.3) is 0 Å². The average molecular weight is 506 g/mol. The van der Waals surface area contributed by atoms with Gasteiger partial charge in [0.2, 0.25) is 0 Å². The Hall–Kier alpha value is -1.89. The maximum absolute atomic E-state index is 14.4. The van der Waals surface area contributed by atoms with Gasteiger partial charge in [-0.15, -0.1) is 0 Å². The van der Waals surface area contributed by atoms with Crippen LogP contribution in [-0.2, 0) is 14.3 Å². The van der Waals surface area contributed by atoms with Crippen molar-refractivity contribution in [3.8, 4) is 0 Å². The first kappa shape index (κ1) is 26.7.